The lowest BCUT2D eigenvalue weighted by atomic mass is 9.66. The predicted molar refractivity (Wildman–Crippen MR) is 108 cm³/mol. The number of H-pyrrole nitrogens is 2. The van der Waals surface area contributed by atoms with Crippen LogP contribution in [0.3, 0.4) is 0 Å². The molecule has 0 fully saturated rings. The Hall–Kier alpha value is -3.28. The molecule has 6 nitrogen and oxygen atoms in total. The van der Waals surface area contributed by atoms with E-state index in [9.17, 15) is 9.59 Å². The van der Waals surface area contributed by atoms with Crippen molar-refractivity contribution >= 4 is 17.5 Å². The predicted octanol–water partition coefficient (Wildman–Crippen LogP) is 2.41. The summed E-state index contributed by atoms with van der Waals surface area (Å²) < 4.78 is 0. The molecule has 4 N–H and O–H groups in total. The van der Waals surface area contributed by atoms with Crippen molar-refractivity contribution in [1.29, 1.82) is 0 Å². The van der Waals surface area contributed by atoms with Crippen molar-refractivity contribution in [1.82, 2.24) is 5.32 Å². The molecule has 2 aliphatic rings. The average Bonchev–Trinajstić information content (AvgIpc) is 2.67. The first-order valence-electron chi connectivity index (χ1n) is 9.81. The first-order chi connectivity index (χ1) is 13.9. The molecule has 0 bridgehead atoms. The largest absolute Gasteiger partial charge is 0.362 e. The molecule has 2 aromatic heterocycles. The third kappa shape index (κ3) is 3.70. The standard InChI is InChI=1S/C23H24N4O2/c1-14-19(22(29)27-18-6-4-5-9-25-18)20(15-7-10-24-11-8-15)21-16(26-14)12-23(2,3)13-17(21)28/h4-11,19-20,26H,1,12-13H2,2-3H3,(H,25,27,29)/p+2. The lowest BCUT2D eigenvalue weighted by Crippen LogP contribution is -2.45. The van der Waals surface area contributed by atoms with Gasteiger partial charge in [0, 0.05) is 47.5 Å². The van der Waals surface area contributed by atoms with Gasteiger partial charge in [-0.25, -0.2) is 20.1 Å². The molecule has 0 radical (unpaired) electrons. The molecule has 0 saturated heterocycles. The van der Waals surface area contributed by atoms with Crippen LogP contribution in [0.5, 0.6) is 0 Å². The molecule has 29 heavy (non-hydrogen) atoms. The van der Waals surface area contributed by atoms with E-state index in [1.54, 1.807) is 12.3 Å². The molecular formula is C23H26N4O2+2. The van der Waals surface area contributed by atoms with E-state index in [2.05, 4.69) is 41.0 Å². The number of amides is 1. The quantitative estimate of drug-likeness (QED) is 0.844. The van der Waals surface area contributed by atoms with Crippen molar-refractivity contribution in [3.05, 3.63) is 78.0 Å². The normalized spacial score (nSPS) is 23.2. The maximum atomic E-state index is 13.3. The first kappa shape index (κ1) is 19.1. The summed E-state index contributed by atoms with van der Waals surface area (Å²) in [5.41, 5.74) is 3.01. The number of ketones is 1. The lowest BCUT2D eigenvalue weighted by Gasteiger charge is -2.41. The first-order valence-corrected chi connectivity index (χ1v) is 9.81. The average molecular weight is 390 g/mol. The van der Waals surface area contributed by atoms with Crippen LogP contribution in [0.15, 0.2) is 72.5 Å². The molecule has 1 aliphatic heterocycles. The molecule has 0 aromatic carbocycles. The zero-order valence-electron chi connectivity index (χ0n) is 16.7. The lowest BCUT2D eigenvalue weighted by molar-refractivity contribution is -0.378. The van der Waals surface area contributed by atoms with E-state index in [0.29, 0.717) is 23.5 Å². The molecule has 148 valence electrons. The third-order valence-electron chi connectivity index (χ3n) is 5.60. The SMILES string of the molecule is C=C1NC2=C(C(=O)CC(C)(C)C2)C(c2cc[nH+]cc2)C1C(=O)Nc1cccc[nH+]1. The number of anilines is 1. The molecule has 1 aliphatic carbocycles. The summed E-state index contributed by atoms with van der Waals surface area (Å²) in [5.74, 6) is -0.484. The Labute approximate surface area is 170 Å². The molecular weight excluding hydrogens is 364 g/mol. The van der Waals surface area contributed by atoms with Crippen LogP contribution in [-0.4, -0.2) is 11.7 Å². The van der Waals surface area contributed by atoms with E-state index in [4.69, 9.17) is 0 Å². The van der Waals surface area contributed by atoms with Crippen LogP contribution in [0.2, 0.25) is 0 Å². The molecule has 6 heteroatoms. The van der Waals surface area contributed by atoms with Gasteiger partial charge in [0.05, 0.1) is 6.20 Å². The smallest absolute Gasteiger partial charge is 0.317 e. The van der Waals surface area contributed by atoms with E-state index >= 15 is 0 Å². The van der Waals surface area contributed by atoms with Crippen LogP contribution < -0.4 is 20.6 Å². The number of Topliss-reactive ketones (excluding diaryl/α,β-unsaturated/α-hetero) is 1. The molecule has 2 aromatic rings. The summed E-state index contributed by atoms with van der Waals surface area (Å²) in [6.07, 6.45) is 6.61. The van der Waals surface area contributed by atoms with Gasteiger partial charge in [-0.2, -0.15) is 0 Å². The zero-order chi connectivity index (χ0) is 20.6. The second-order valence-electron chi connectivity index (χ2n) is 8.54. The highest BCUT2D eigenvalue weighted by atomic mass is 16.2. The summed E-state index contributed by atoms with van der Waals surface area (Å²) in [4.78, 5) is 32.5. The van der Waals surface area contributed by atoms with E-state index in [1.807, 2.05) is 36.7 Å². The van der Waals surface area contributed by atoms with Gasteiger partial charge >= 0.3 is 5.91 Å². The van der Waals surface area contributed by atoms with Crippen LogP contribution in [0, 0.1) is 11.3 Å². The number of carbonyl (C=O) groups is 2. The Balaban J connectivity index is 1.78. The topological polar surface area (TPSA) is 86.5 Å². The fourth-order valence-electron chi connectivity index (χ4n) is 4.40. The summed E-state index contributed by atoms with van der Waals surface area (Å²) >= 11 is 0. The fourth-order valence-corrected chi connectivity index (χ4v) is 4.40. The molecule has 4 rings (SSSR count). The second kappa shape index (κ2) is 7.28. The Bertz CT molecular complexity index is 996. The van der Waals surface area contributed by atoms with Gasteiger partial charge in [-0.15, -0.1) is 0 Å². The number of carbonyl (C=O) groups excluding carboxylic acids is 2. The van der Waals surface area contributed by atoms with Crippen molar-refractivity contribution in [2.24, 2.45) is 11.3 Å². The van der Waals surface area contributed by atoms with Gasteiger partial charge < -0.3 is 5.32 Å². The molecule has 0 saturated carbocycles. The number of allylic oxidation sites excluding steroid dienone is 2. The Morgan fingerprint density at radius 1 is 1.17 bits per heavy atom. The van der Waals surface area contributed by atoms with Gasteiger partial charge in [-0.3, -0.25) is 4.79 Å². The van der Waals surface area contributed by atoms with Gasteiger partial charge in [-0.1, -0.05) is 26.5 Å². The third-order valence-corrected chi connectivity index (χ3v) is 5.60. The Morgan fingerprint density at radius 2 is 1.93 bits per heavy atom. The van der Waals surface area contributed by atoms with Gasteiger partial charge in [-0.05, 0) is 23.5 Å². The zero-order valence-corrected chi connectivity index (χ0v) is 16.7. The van der Waals surface area contributed by atoms with Crippen molar-refractivity contribution < 1.29 is 19.6 Å². The fraction of sp³-hybridized carbons (Fsp3) is 0.304. The van der Waals surface area contributed by atoms with E-state index in [1.165, 1.54) is 0 Å². The molecule has 2 atom stereocenters. The minimum absolute atomic E-state index is 0.0955. The van der Waals surface area contributed by atoms with Gasteiger partial charge in [0.2, 0.25) is 0 Å². The van der Waals surface area contributed by atoms with Crippen molar-refractivity contribution in [2.45, 2.75) is 32.6 Å². The number of rotatable bonds is 3. The highest BCUT2D eigenvalue weighted by Gasteiger charge is 2.47. The number of hydrogen-bond acceptors (Lipinski definition) is 3. The summed E-state index contributed by atoms with van der Waals surface area (Å²) in [6, 6.07) is 9.34. The van der Waals surface area contributed by atoms with Crippen molar-refractivity contribution in [2.75, 3.05) is 5.32 Å². The Kier molecular flexibility index (Phi) is 4.78. The van der Waals surface area contributed by atoms with E-state index in [-0.39, 0.29) is 23.0 Å². The van der Waals surface area contributed by atoms with E-state index in [0.717, 1.165) is 17.7 Å². The minimum atomic E-state index is -0.602. The molecule has 3 heterocycles. The number of aromatic nitrogens is 2. The second-order valence-corrected chi connectivity index (χ2v) is 8.54. The monoisotopic (exact) mass is 390 g/mol. The number of aromatic amines is 2. The molecule has 1 amide bonds. The number of pyridine rings is 2. The van der Waals surface area contributed by atoms with Gasteiger partial charge in [0.15, 0.2) is 18.2 Å². The highest BCUT2D eigenvalue weighted by Crippen LogP contribution is 2.47. The number of hydrogen-bond donors (Lipinski definition) is 2. The molecule has 0 spiro atoms. The summed E-state index contributed by atoms with van der Waals surface area (Å²) in [5, 5.41) is 6.24. The molecule has 2 unspecified atom stereocenters. The van der Waals surface area contributed by atoms with Gasteiger partial charge in [0.25, 0.3) is 5.82 Å². The van der Waals surface area contributed by atoms with Crippen LogP contribution in [0.4, 0.5) is 5.82 Å². The van der Waals surface area contributed by atoms with Crippen LogP contribution >= 0.6 is 0 Å². The summed E-state index contributed by atoms with van der Waals surface area (Å²) in [6.45, 7) is 8.35. The minimum Gasteiger partial charge on any atom is -0.362 e. The Morgan fingerprint density at radius 3 is 2.62 bits per heavy atom. The van der Waals surface area contributed by atoms with E-state index < -0.39 is 5.92 Å². The van der Waals surface area contributed by atoms with Crippen molar-refractivity contribution in [3.63, 3.8) is 0 Å². The van der Waals surface area contributed by atoms with Crippen LogP contribution in [0.25, 0.3) is 0 Å². The maximum Gasteiger partial charge on any atom is 0.317 e. The number of nitrogens with one attached hydrogen (secondary N) is 4. The highest BCUT2D eigenvalue weighted by molar-refractivity contribution is 6.02. The van der Waals surface area contributed by atoms with Crippen molar-refractivity contribution in [3.8, 4) is 0 Å². The maximum absolute atomic E-state index is 13.3. The van der Waals surface area contributed by atoms with Gasteiger partial charge in [0.1, 0.15) is 5.92 Å². The summed E-state index contributed by atoms with van der Waals surface area (Å²) in [7, 11) is 0. The van der Waals surface area contributed by atoms with Crippen LogP contribution in [0.1, 0.15) is 38.2 Å². The van der Waals surface area contributed by atoms with Crippen LogP contribution in [-0.2, 0) is 9.59 Å².